The number of hydrogen-bond donors (Lipinski definition) is 1. The van der Waals surface area contributed by atoms with Gasteiger partial charge in [0.15, 0.2) is 0 Å². The van der Waals surface area contributed by atoms with Crippen LogP contribution in [0.4, 0.5) is 0 Å². The van der Waals surface area contributed by atoms with Gasteiger partial charge >= 0.3 is 5.97 Å². The molecule has 1 heterocycles. The fraction of sp³-hybridized carbons (Fsp3) is 0.750. The maximum absolute atomic E-state index is 11.8. The van der Waals surface area contributed by atoms with E-state index in [2.05, 4.69) is 0 Å². The summed E-state index contributed by atoms with van der Waals surface area (Å²) in [7, 11) is 0. The lowest BCUT2D eigenvalue weighted by atomic mass is 9.70. The average molecular weight is 239 g/mol. The Hall–Kier alpha value is -1.39. The first-order chi connectivity index (χ1) is 8.02. The monoisotopic (exact) mass is 239 g/mol. The third-order valence-electron chi connectivity index (χ3n) is 3.97. The molecule has 3 unspecified atom stereocenters. The van der Waals surface area contributed by atoms with Gasteiger partial charge in [-0.05, 0) is 25.2 Å². The maximum Gasteiger partial charge on any atom is 0.326 e. The van der Waals surface area contributed by atoms with Gasteiger partial charge in [0.1, 0.15) is 11.8 Å². The lowest BCUT2D eigenvalue weighted by molar-refractivity contribution is -0.159. The molecule has 1 saturated heterocycles. The number of carboxylic acid groups (broad SMARTS) is 1. The van der Waals surface area contributed by atoms with E-state index in [0.29, 0.717) is 19.4 Å². The molecule has 3 atom stereocenters. The number of carbonyl (C=O) groups is 3. The first kappa shape index (κ1) is 12.1. The minimum absolute atomic E-state index is 0.152. The highest BCUT2D eigenvalue weighted by atomic mass is 16.4. The third-order valence-corrected chi connectivity index (χ3v) is 3.97. The molecule has 2 fully saturated rings. The number of likely N-dealkylation sites (tertiary alicyclic amines) is 1. The Bertz CT molecular complexity index is 366. The summed E-state index contributed by atoms with van der Waals surface area (Å²) in [6.07, 6.45) is 2.66. The van der Waals surface area contributed by atoms with Gasteiger partial charge in [0.05, 0.1) is 0 Å². The molecule has 1 aliphatic carbocycles. The molecule has 2 rings (SSSR count). The lowest BCUT2D eigenvalue weighted by Crippen LogP contribution is -2.57. The van der Waals surface area contributed by atoms with Gasteiger partial charge in [-0.25, -0.2) is 4.79 Å². The fourth-order valence-corrected chi connectivity index (χ4v) is 3.21. The number of ketones is 1. The third kappa shape index (κ3) is 2.06. The van der Waals surface area contributed by atoms with Crippen molar-refractivity contribution in [1.29, 1.82) is 0 Å². The second kappa shape index (κ2) is 4.47. The molecule has 0 bridgehead atoms. The van der Waals surface area contributed by atoms with E-state index < -0.39 is 12.0 Å². The lowest BCUT2D eigenvalue weighted by Gasteiger charge is -2.44. The number of rotatable bonds is 1. The molecular formula is C12H17NO4. The molecule has 5 heteroatoms. The number of carbonyl (C=O) groups excluding carboxylic acids is 2. The Morgan fingerprint density at radius 1 is 1.35 bits per heavy atom. The Morgan fingerprint density at radius 2 is 2.06 bits per heavy atom. The van der Waals surface area contributed by atoms with Gasteiger partial charge in [-0.2, -0.15) is 0 Å². The van der Waals surface area contributed by atoms with E-state index in [0.717, 1.165) is 12.8 Å². The summed E-state index contributed by atoms with van der Waals surface area (Å²) in [5.41, 5.74) is 0. The van der Waals surface area contributed by atoms with Crippen LogP contribution in [-0.2, 0) is 14.4 Å². The van der Waals surface area contributed by atoms with Crippen LogP contribution in [0.2, 0.25) is 0 Å². The smallest absolute Gasteiger partial charge is 0.326 e. The maximum atomic E-state index is 11.8. The van der Waals surface area contributed by atoms with Crippen LogP contribution in [0.25, 0.3) is 0 Å². The normalized spacial score (nSPS) is 33.1. The summed E-state index contributed by atoms with van der Waals surface area (Å²) in [4.78, 5) is 36.0. The van der Waals surface area contributed by atoms with Crippen molar-refractivity contribution >= 4 is 17.7 Å². The molecule has 1 saturated carbocycles. The van der Waals surface area contributed by atoms with Crippen LogP contribution in [-0.4, -0.2) is 40.3 Å². The Morgan fingerprint density at radius 3 is 2.65 bits per heavy atom. The number of nitrogens with zero attached hydrogens (tertiary/aromatic N) is 1. The van der Waals surface area contributed by atoms with E-state index in [-0.39, 0.29) is 23.5 Å². The van der Waals surface area contributed by atoms with Crippen LogP contribution >= 0.6 is 0 Å². The largest absolute Gasteiger partial charge is 0.480 e. The first-order valence-corrected chi connectivity index (χ1v) is 6.05. The molecule has 0 radical (unpaired) electrons. The SMILES string of the molecule is CC(=O)N1CCC2C(=O)CCCC2C1C(=O)O. The summed E-state index contributed by atoms with van der Waals surface area (Å²) in [6, 6.07) is -0.810. The predicted octanol–water partition coefficient (Wildman–Crippen LogP) is 0.677. The molecule has 0 aromatic rings. The van der Waals surface area contributed by atoms with Crippen LogP contribution in [0.1, 0.15) is 32.6 Å². The van der Waals surface area contributed by atoms with Crippen molar-refractivity contribution in [2.45, 2.75) is 38.6 Å². The van der Waals surface area contributed by atoms with Crippen molar-refractivity contribution in [3.63, 3.8) is 0 Å². The van der Waals surface area contributed by atoms with Crippen LogP contribution in [0, 0.1) is 11.8 Å². The van der Waals surface area contributed by atoms with E-state index >= 15 is 0 Å². The molecule has 0 aromatic heterocycles. The van der Waals surface area contributed by atoms with Crippen LogP contribution in [0.5, 0.6) is 0 Å². The summed E-state index contributed by atoms with van der Waals surface area (Å²) >= 11 is 0. The minimum Gasteiger partial charge on any atom is -0.480 e. The molecule has 5 nitrogen and oxygen atoms in total. The Labute approximate surface area is 99.8 Å². The van der Waals surface area contributed by atoms with E-state index in [1.807, 2.05) is 0 Å². The van der Waals surface area contributed by atoms with Crippen molar-refractivity contribution in [1.82, 2.24) is 4.90 Å². The van der Waals surface area contributed by atoms with Gasteiger partial charge in [-0.1, -0.05) is 0 Å². The molecular weight excluding hydrogens is 222 g/mol. The topological polar surface area (TPSA) is 74.7 Å². The highest BCUT2D eigenvalue weighted by molar-refractivity contribution is 5.87. The second-order valence-electron chi connectivity index (χ2n) is 4.91. The minimum atomic E-state index is -0.982. The van der Waals surface area contributed by atoms with Gasteiger partial charge in [0.25, 0.3) is 0 Å². The molecule has 1 aliphatic heterocycles. The first-order valence-electron chi connectivity index (χ1n) is 6.05. The van der Waals surface area contributed by atoms with E-state index in [1.54, 1.807) is 0 Å². The molecule has 17 heavy (non-hydrogen) atoms. The summed E-state index contributed by atoms with van der Waals surface area (Å²) < 4.78 is 0. The standard InChI is InChI=1S/C12H17NO4/c1-7(14)13-6-5-8-9(11(13)12(16)17)3-2-4-10(8)15/h8-9,11H,2-6H2,1H3,(H,16,17). The summed E-state index contributed by atoms with van der Waals surface area (Å²) in [5.74, 6) is -1.36. The number of aliphatic carboxylic acids is 1. The van der Waals surface area contributed by atoms with Gasteiger partial charge in [0.2, 0.25) is 5.91 Å². The van der Waals surface area contributed by atoms with Gasteiger partial charge in [0, 0.05) is 25.8 Å². The Balaban J connectivity index is 2.27. The van der Waals surface area contributed by atoms with E-state index in [4.69, 9.17) is 0 Å². The van der Waals surface area contributed by atoms with Crippen molar-refractivity contribution in [2.75, 3.05) is 6.54 Å². The number of piperidine rings is 1. The summed E-state index contributed by atoms with van der Waals surface area (Å²) in [5, 5.41) is 9.28. The number of fused-ring (bicyclic) bond motifs is 1. The van der Waals surface area contributed by atoms with E-state index in [1.165, 1.54) is 11.8 Å². The average Bonchev–Trinajstić information content (AvgIpc) is 2.27. The van der Waals surface area contributed by atoms with E-state index in [9.17, 15) is 19.5 Å². The van der Waals surface area contributed by atoms with Gasteiger partial charge in [-0.15, -0.1) is 0 Å². The van der Waals surface area contributed by atoms with Crippen molar-refractivity contribution in [2.24, 2.45) is 11.8 Å². The number of carboxylic acids is 1. The molecule has 1 N–H and O–H groups in total. The number of hydrogen-bond acceptors (Lipinski definition) is 3. The fourth-order valence-electron chi connectivity index (χ4n) is 3.21. The van der Waals surface area contributed by atoms with Crippen LogP contribution in [0.3, 0.4) is 0 Å². The Kier molecular flexibility index (Phi) is 3.17. The molecule has 94 valence electrons. The quantitative estimate of drug-likeness (QED) is 0.730. The van der Waals surface area contributed by atoms with Crippen LogP contribution in [0.15, 0.2) is 0 Å². The second-order valence-corrected chi connectivity index (χ2v) is 4.91. The van der Waals surface area contributed by atoms with Gasteiger partial charge < -0.3 is 10.0 Å². The molecule has 1 amide bonds. The van der Waals surface area contributed by atoms with Crippen molar-refractivity contribution < 1.29 is 19.5 Å². The zero-order valence-corrected chi connectivity index (χ0v) is 9.89. The number of Topliss-reactive ketones (excluding diaryl/α,β-unsaturated/α-hetero) is 1. The molecule has 2 aliphatic rings. The number of amides is 1. The van der Waals surface area contributed by atoms with Gasteiger partial charge in [-0.3, -0.25) is 9.59 Å². The molecule has 0 aromatic carbocycles. The van der Waals surface area contributed by atoms with Crippen molar-refractivity contribution in [3.05, 3.63) is 0 Å². The summed E-state index contributed by atoms with van der Waals surface area (Å²) in [6.45, 7) is 1.78. The van der Waals surface area contributed by atoms with Crippen LogP contribution < -0.4 is 0 Å². The highest BCUT2D eigenvalue weighted by Gasteiger charge is 2.46. The zero-order chi connectivity index (χ0) is 12.6. The van der Waals surface area contributed by atoms with Crippen molar-refractivity contribution in [3.8, 4) is 0 Å². The highest BCUT2D eigenvalue weighted by Crippen LogP contribution is 2.38. The zero-order valence-electron chi connectivity index (χ0n) is 9.89. The molecule has 0 spiro atoms. The predicted molar refractivity (Wildman–Crippen MR) is 59.3 cm³/mol.